The number of benzene rings is 2. The van der Waals surface area contributed by atoms with E-state index in [4.69, 9.17) is 15.8 Å². The van der Waals surface area contributed by atoms with Gasteiger partial charge in [-0.15, -0.1) is 0 Å². The van der Waals surface area contributed by atoms with E-state index < -0.39 is 15.0 Å². The van der Waals surface area contributed by atoms with Gasteiger partial charge < -0.3 is 5.32 Å². The van der Waals surface area contributed by atoms with Crippen molar-refractivity contribution < 1.29 is 17.5 Å². The lowest BCUT2D eigenvalue weighted by Gasteiger charge is -2.23. The number of piperidine rings is 1. The van der Waals surface area contributed by atoms with E-state index >= 15 is 0 Å². The van der Waals surface area contributed by atoms with E-state index in [1.54, 1.807) is 12.1 Å². The molecule has 2 aromatic rings. The first-order valence-electron chi connectivity index (χ1n) is 8.47. The van der Waals surface area contributed by atoms with E-state index in [-0.39, 0.29) is 21.7 Å². The van der Waals surface area contributed by atoms with Crippen LogP contribution in [0.5, 0.6) is 0 Å². The fraction of sp³-hybridized carbons (Fsp3) is 0.333. The molecule has 0 saturated carbocycles. The van der Waals surface area contributed by atoms with Crippen molar-refractivity contribution in [3.05, 3.63) is 57.1 Å². The molecule has 144 valence electrons. The third-order valence-electron chi connectivity index (χ3n) is 4.41. The second kappa shape index (κ2) is 7.93. The van der Waals surface area contributed by atoms with Crippen LogP contribution < -0.4 is 5.32 Å². The zero-order chi connectivity index (χ0) is 19.6. The van der Waals surface area contributed by atoms with E-state index in [0.717, 1.165) is 5.56 Å². The molecule has 0 unspecified atom stereocenters. The van der Waals surface area contributed by atoms with Crippen molar-refractivity contribution in [3.63, 3.8) is 0 Å². The first-order chi connectivity index (χ1) is 12.8. The predicted octanol–water partition coefficient (Wildman–Crippen LogP) is 3.68. The molecule has 7 nitrogen and oxygen atoms in total. The monoisotopic (exact) mass is 410 g/mol. The Morgan fingerprint density at radius 3 is 2.48 bits per heavy atom. The first kappa shape index (κ1) is 19.8. The van der Waals surface area contributed by atoms with Crippen molar-refractivity contribution in [2.24, 2.45) is 0 Å². The molecule has 1 fully saturated rings. The maximum atomic E-state index is 12.9. The van der Waals surface area contributed by atoms with E-state index in [2.05, 4.69) is 5.32 Å². The van der Waals surface area contributed by atoms with Gasteiger partial charge in [0.1, 0.15) is 4.90 Å². The van der Waals surface area contributed by atoms with Crippen LogP contribution in [0.3, 0.4) is 0 Å². The number of nitrogens with one attached hydrogen (secondary N) is 1. The van der Waals surface area contributed by atoms with Crippen LogP contribution in [0.1, 0.15) is 18.4 Å². The summed E-state index contributed by atoms with van der Waals surface area (Å²) in [6, 6.07) is 8.82. The second-order valence-corrected chi connectivity index (χ2v) is 8.37. The standard InChI is InChI=1S/C18H19ClN2O5S/c1-12-2-5-18(27(24,25)26-14-6-8-20-9-7-14)16(10-12)15-4-3-13(21(22)23)11-17(15)19/h2-5,10-11,14,20H,6-9H2,1H3. The Hall–Kier alpha value is -2.00. The Morgan fingerprint density at radius 2 is 1.85 bits per heavy atom. The summed E-state index contributed by atoms with van der Waals surface area (Å²) in [4.78, 5) is 10.4. The molecule has 0 radical (unpaired) electrons. The highest BCUT2D eigenvalue weighted by molar-refractivity contribution is 7.87. The number of aryl methyl sites for hydroxylation is 1. The lowest BCUT2D eigenvalue weighted by molar-refractivity contribution is -0.384. The quantitative estimate of drug-likeness (QED) is 0.458. The molecule has 1 saturated heterocycles. The van der Waals surface area contributed by atoms with Crippen molar-refractivity contribution >= 4 is 27.4 Å². The third-order valence-corrected chi connectivity index (χ3v) is 6.14. The summed E-state index contributed by atoms with van der Waals surface area (Å²) in [5.74, 6) is 0. The van der Waals surface area contributed by atoms with Gasteiger partial charge in [0.05, 0.1) is 16.0 Å². The van der Waals surface area contributed by atoms with Gasteiger partial charge in [-0.05, 0) is 51.1 Å². The van der Waals surface area contributed by atoms with Gasteiger partial charge in [-0.3, -0.25) is 14.3 Å². The molecule has 1 heterocycles. The highest BCUT2D eigenvalue weighted by atomic mass is 35.5. The van der Waals surface area contributed by atoms with Crippen LogP contribution in [0.15, 0.2) is 41.3 Å². The minimum absolute atomic E-state index is 0.00221. The smallest absolute Gasteiger partial charge is 0.297 e. The van der Waals surface area contributed by atoms with Crippen molar-refractivity contribution in [1.29, 1.82) is 0 Å². The van der Waals surface area contributed by atoms with Crippen molar-refractivity contribution in [1.82, 2.24) is 5.32 Å². The average molecular weight is 411 g/mol. The predicted molar refractivity (Wildman–Crippen MR) is 102 cm³/mol. The van der Waals surface area contributed by atoms with Crippen LogP contribution >= 0.6 is 11.6 Å². The SMILES string of the molecule is Cc1ccc(S(=O)(=O)OC2CCNCC2)c(-c2ccc([N+](=O)[O-])cc2Cl)c1. The topological polar surface area (TPSA) is 98.5 Å². The molecule has 2 aromatic carbocycles. The summed E-state index contributed by atoms with van der Waals surface area (Å²) in [5.41, 5.74) is 1.44. The largest absolute Gasteiger partial charge is 0.317 e. The van der Waals surface area contributed by atoms with Crippen LogP contribution in [0, 0.1) is 17.0 Å². The first-order valence-corrected chi connectivity index (χ1v) is 10.3. The highest BCUT2D eigenvalue weighted by Gasteiger charge is 2.27. The van der Waals surface area contributed by atoms with Crippen LogP contribution in [0.2, 0.25) is 5.02 Å². The molecule has 3 rings (SSSR count). The molecule has 9 heteroatoms. The fourth-order valence-electron chi connectivity index (χ4n) is 3.03. The Balaban J connectivity index is 2.04. The summed E-state index contributed by atoms with van der Waals surface area (Å²) in [5, 5.41) is 14.2. The second-order valence-electron chi connectivity index (χ2n) is 6.42. The summed E-state index contributed by atoms with van der Waals surface area (Å²) in [6.07, 6.45) is 0.843. The zero-order valence-electron chi connectivity index (χ0n) is 14.6. The van der Waals surface area contributed by atoms with E-state index in [9.17, 15) is 18.5 Å². The van der Waals surface area contributed by atoms with E-state index in [1.807, 2.05) is 6.92 Å². The average Bonchev–Trinajstić information content (AvgIpc) is 2.61. The summed E-state index contributed by atoms with van der Waals surface area (Å²) < 4.78 is 31.2. The maximum absolute atomic E-state index is 12.9. The number of rotatable bonds is 5. The Morgan fingerprint density at radius 1 is 1.15 bits per heavy atom. The fourth-order valence-corrected chi connectivity index (χ4v) is 4.63. The molecule has 0 bridgehead atoms. The van der Waals surface area contributed by atoms with E-state index in [0.29, 0.717) is 37.1 Å². The lowest BCUT2D eigenvalue weighted by atomic mass is 10.0. The molecule has 0 atom stereocenters. The molecule has 1 N–H and O–H groups in total. The minimum atomic E-state index is -4.02. The lowest BCUT2D eigenvalue weighted by Crippen LogP contribution is -2.33. The third kappa shape index (κ3) is 4.47. The number of hydrogen-bond donors (Lipinski definition) is 1. The van der Waals surface area contributed by atoms with Crippen LogP contribution in [-0.2, 0) is 14.3 Å². The molecular formula is C18H19ClN2O5S. The number of non-ortho nitro benzene ring substituents is 1. The normalized spacial score (nSPS) is 15.6. The van der Waals surface area contributed by atoms with E-state index in [1.165, 1.54) is 24.3 Å². The van der Waals surface area contributed by atoms with Crippen LogP contribution in [0.25, 0.3) is 11.1 Å². The molecule has 0 spiro atoms. The minimum Gasteiger partial charge on any atom is -0.317 e. The number of nitro benzene ring substituents is 1. The molecule has 0 aromatic heterocycles. The molecule has 27 heavy (non-hydrogen) atoms. The van der Waals surface area contributed by atoms with Gasteiger partial charge in [-0.1, -0.05) is 23.2 Å². The molecule has 0 amide bonds. The number of nitrogens with zero attached hydrogens (tertiary/aromatic N) is 1. The van der Waals surface area contributed by atoms with Crippen LogP contribution in [0.4, 0.5) is 5.69 Å². The highest BCUT2D eigenvalue weighted by Crippen LogP contribution is 2.36. The summed E-state index contributed by atoms with van der Waals surface area (Å²) in [6.45, 7) is 3.23. The zero-order valence-corrected chi connectivity index (χ0v) is 16.2. The number of hydrogen-bond acceptors (Lipinski definition) is 6. The Bertz CT molecular complexity index is 972. The van der Waals surface area contributed by atoms with Crippen molar-refractivity contribution in [2.75, 3.05) is 13.1 Å². The number of halogens is 1. The van der Waals surface area contributed by atoms with Gasteiger partial charge in [0.15, 0.2) is 0 Å². The van der Waals surface area contributed by atoms with Gasteiger partial charge in [0.25, 0.3) is 15.8 Å². The Labute approximate surface area is 162 Å². The molecule has 0 aliphatic carbocycles. The summed E-state index contributed by atoms with van der Waals surface area (Å²) in [7, 11) is -4.02. The van der Waals surface area contributed by atoms with Crippen LogP contribution in [-0.4, -0.2) is 32.5 Å². The molecular weight excluding hydrogens is 392 g/mol. The summed E-state index contributed by atoms with van der Waals surface area (Å²) >= 11 is 6.23. The van der Waals surface area contributed by atoms with Gasteiger partial charge in [0.2, 0.25) is 0 Å². The number of nitro groups is 1. The molecule has 1 aliphatic heterocycles. The molecule has 1 aliphatic rings. The van der Waals surface area contributed by atoms with Crippen molar-refractivity contribution in [2.45, 2.75) is 30.8 Å². The van der Waals surface area contributed by atoms with Gasteiger partial charge in [-0.25, -0.2) is 0 Å². The maximum Gasteiger partial charge on any atom is 0.297 e. The van der Waals surface area contributed by atoms with Gasteiger partial charge in [0, 0.05) is 23.3 Å². The Kier molecular flexibility index (Phi) is 5.81. The van der Waals surface area contributed by atoms with Gasteiger partial charge in [-0.2, -0.15) is 8.42 Å². The van der Waals surface area contributed by atoms with Crippen molar-refractivity contribution in [3.8, 4) is 11.1 Å². The van der Waals surface area contributed by atoms with Gasteiger partial charge >= 0.3 is 0 Å².